The average Bonchev–Trinajstić information content (AvgIpc) is 3.15. The van der Waals surface area contributed by atoms with Crippen LogP contribution in [0.15, 0.2) is 24.3 Å². The molecule has 1 aromatic carbocycles. The van der Waals surface area contributed by atoms with Crippen molar-refractivity contribution in [1.29, 1.82) is 0 Å². The third-order valence-corrected chi connectivity index (χ3v) is 5.47. The van der Waals surface area contributed by atoms with E-state index in [1.165, 1.54) is 15.6 Å². The molecule has 9 heteroatoms. The van der Waals surface area contributed by atoms with Crippen LogP contribution in [0.5, 0.6) is 0 Å². The first kappa shape index (κ1) is 22.5. The van der Waals surface area contributed by atoms with Gasteiger partial charge in [-0.25, -0.2) is 4.79 Å². The van der Waals surface area contributed by atoms with E-state index in [1.54, 1.807) is 21.0 Å². The summed E-state index contributed by atoms with van der Waals surface area (Å²) >= 11 is 0. The van der Waals surface area contributed by atoms with E-state index in [0.717, 1.165) is 11.1 Å². The number of hydrogen-bond acceptors (Lipinski definition) is 6. The number of hydrogen-bond donors (Lipinski definition) is 1. The van der Waals surface area contributed by atoms with Crippen LogP contribution < -0.4 is 10.2 Å². The van der Waals surface area contributed by atoms with Gasteiger partial charge >= 0.3 is 5.97 Å². The zero-order valence-corrected chi connectivity index (χ0v) is 18.5. The van der Waals surface area contributed by atoms with E-state index in [9.17, 15) is 14.4 Å². The van der Waals surface area contributed by atoms with Crippen LogP contribution >= 0.6 is 0 Å². The number of esters is 1. The van der Waals surface area contributed by atoms with Crippen molar-refractivity contribution in [3.8, 4) is 0 Å². The van der Waals surface area contributed by atoms with Gasteiger partial charge in [0.05, 0.1) is 19.8 Å². The smallest absolute Gasteiger partial charge is 0.358 e. The lowest BCUT2D eigenvalue weighted by Gasteiger charge is -2.43. The maximum Gasteiger partial charge on any atom is 0.358 e. The zero-order chi connectivity index (χ0) is 22.8. The molecule has 1 aromatic heterocycles. The molecule has 1 N–H and O–H groups in total. The fourth-order valence-corrected chi connectivity index (χ4v) is 3.61. The van der Waals surface area contributed by atoms with E-state index in [-0.39, 0.29) is 30.4 Å². The van der Waals surface area contributed by atoms with E-state index in [1.807, 2.05) is 32.0 Å². The molecule has 2 aromatic rings. The molecule has 0 fully saturated rings. The monoisotopic (exact) mass is 428 g/mol. The molecule has 9 nitrogen and oxygen atoms in total. The third-order valence-electron chi connectivity index (χ3n) is 5.47. The highest BCUT2D eigenvalue weighted by atomic mass is 16.5. The molecule has 1 atom stereocenters. The normalized spacial score (nSPS) is 18.0. The quantitative estimate of drug-likeness (QED) is 0.533. The maximum atomic E-state index is 13.6. The van der Waals surface area contributed by atoms with Gasteiger partial charge in [-0.05, 0) is 51.0 Å². The number of aromatic nitrogens is 2. The highest BCUT2D eigenvalue weighted by Crippen LogP contribution is 2.33. The van der Waals surface area contributed by atoms with Gasteiger partial charge in [-0.2, -0.15) is 5.10 Å². The van der Waals surface area contributed by atoms with E-state index in [0.29, 0.717) is 18.8 Å². The summed E-state index contributed by atoms with van der Waals surface area (Å²) < 4.78 is 11.4. The fraction of sp³-hybridized carbons (Fsp3) is 0.455. The van der Waals surface area contributed by atoms with Crippen molar-refractivity contribution in [2.75, 3.05) is 31.8 Å². The van der Waals surface area contributed by atoms with E-state index < -0.39 is 17.4 Å². The topological polar surface area (TPSA) is 103 Å². The number of fused-ring (bicyclic) bond motifs is 1. The summed E-state index contributed by atoms with van der Waals surface area (Å²) in [5.74, 6) is -1.36. The van der Waals surface area contributed by atoms with Crippen LogP contribution in [-0.4, -0.2) is 60.0 Å². The second kappa shape index (κ2) is 8.89. The first-order chi connectivity index (χ1) is 14.7. The van der Waals surface area contributed by atoms with Crippen LogP contribution in [0.1, 0.15) is 46.0 Å². The van der Waals surface area contributed by atoms with Crippen molar-refractivity contribution in [1.82, 2.24) is 15.1 Å². The molecule has 2 amide bonds. The van der Waals surface area contributed by atoms with Crippen LogP contribution in [-0.2, 0) is 20.8 Å². The van der Waals surface area contributed by atoms with Gasteiger partial charge in [-0.15, -0.1) is 0 Å². The molecule has 0 bridgehead atoms. The number of methoxy groups -OCH3 is 1. The highest BCUT2D eigenvalue weighted by molar-refractivity contribution is 6.12. The summed E-state index contributed by atoms with van der Waals surface area (Å²) in [6.07, 6.45) is 0. The number of nitrogens with zero attached hydrogens (tertiary/aromatic N) is 3. The standard InChI is InChI=1S/C22H28N4O5/c1-6-31-20(28)17-12-18-19(27)26(16-8-7-14(2)15(3)11-16)22(4,13-25(18)24-17)21(29)23-9-10-30-5/h7-8,11-12H,6,9-10,13H2,1-5H3,(H,23,29)/t22-/m1/s1. The Kier molecular flexibility index (Phi) is 6.45. The van der Waals surface area contributed by atoms with E-state index in [2.05, 4.69) is 10.4 Å². The number of carbonyl (C=O) groups is 3. The second-order valence-corrected chi connectivity index (χ2v) is 7.72. The van der Waals surface area contributed by atoms with E-state index >= 15 is 0 Å². The third kappa shape index (κ3) is 4.18. The minimum Gasteiger partial charge on any atom is -0.461 e. The van der Waals surface area contributed by atoms with Gasteiger partial charge in [0.2, 0.25) is 5.91 Å². The van der Waals surface area contributed by atoms with Crippen LogP contribution in [0.3, 0.4) is 0 Å². The Morgan fingerprint density at radius 2 is 1.97 bits per heavy atom. The predicted octanol–water partition coefficient (Wildman–Crippen LogP) is 1.86. The Labute approximate surface area is 181 Å². The van der Waals surface area contributed by atoms with Crippen molar-refractivity contribution < 1.29 is 23.9 Å². The van der Waals surface area contributed by atoms with Crippen molar-refractivity contribution in [2.45, 2.75) is 39.8 Å². The second-order valence-electron chi connectivity index (χ2n) is 7.72. The lowest BCUT2D eigenvalue weighted by Crippen LogP contribution is -2.64. The summed E-state index contributed by atoms with van der Waals surface area (Å²) in [5, 5.41) is 7.07. The summed E-state index contributed by atoms with van der Waals surface area (Å²) in [6, 6.07) is 7.03. The number of ether oxygens (including phenoxy) is 2. The van der Waals surface area contributed by atoms with E-state index in [4.69, 9.17) is 9.47 Å². The minimum atomic E-state index is -1.27. The Morgan fingerprint density at radius 1 is 1.23 bits per heavy atom. The van der Waals surface area contributed by atoms with Crippen LogP contribution in [0.4, 0.5) is 5.69 Å². The van der Waals surface area contributed by atoms with Crippen molar-refractivity contribution in [2.24, 2.45) is 0 Å². The average molecular weight is 428 g/mol. The molecule has 1 aliphatic rings. The zero-order valence-electron chi connectivity index (χ0n) is 18.5. The Morgan fingerprint density at radius 3 is 2.61 bits per heavy atom. The molecule has 0 radical (unpaired) electrons. The molecule has 0 saturated heterocycles. The largest absolute Gasteiger partial charge is 0.461 e. The first-order valence-electron chi connectivity index (χ1n) is 10.2. The van der Waals surface area contributed by atoms with Gasteiger partial charge < -0.3 is 14.8 Å². The van der Waals surface area contributed by atoms with Crippen LogP contribution in [0.2, 0.25) is 0 Å². The van der Waals surface area contributed by atoms with Crippen LogP contribution in [0, 0.1) is 13.8 Å². The number of carbonyl (C=O) groups excluding carboxylic acids is 3. The number of amides is 2. The predicted molar refractivity (Wildman–Crippen MR) is 114 cm³/mol. The van der Waals surface area contributed by atoms with Gasteiger partial charge in [-0.3, -0.25) is 19.2 Å². The first-order valence-corrected chi connectivity index (χ1v) is 10.2. The fourth-order valence-electron chi connectivity index (χ4n) is 3.61. The molecule has 1 aliphatic heterocycles. The molecule has 2 heterocycles. The summed E-state index contributed by atoms with van der Waals surface area (Å²) in [4.78, 5) is 40.4. The molecule has 0 unspecified atom stereocenters. The van der Waals surface area contributed by atoms with Crippen molar-refractivity contribution in [3.63, 3.8) is 0 Å². The minimum absolute atomic E-state index is 0.0364. The molecule has 166 valence electrons. The SMILES string of the molecule is CCOC(=O)c1cc2n(n1)C[C@](C)(C(=O)NCCOC)N(c1ccc(C)c(C)c1)C2=O. The Bertz CT molecular complexity index is 1020. The van der Waals surface area contributed by atoms with Crippen molar-refractivity contribution >= 4 is 23.5 Å². The maximum absolute atomic E-state index is 13.6. The van der Waals surface area contributed by atoms with Gasteiger partial charge in [0, 0.05) is 25.4 Å². The molecule has 31 heavy (non-hydrogen) atoms. The highest BCUT2D eigenvalue weighted by Gasteiger charge is 2.49. The summed E-state index contributed by atoms with van der Waals surface area (Å²) in [5.41, 5.74) is 1.67. The lowest BCUT2D eigenvalue weighted by molar-refractivity contribution is -0.126. The molecule has 0 saturated carbocycles. The molecular formula is C22H28N4O5. The lowest BCUT2D eigenvalue weighted by atomic mass is 9.93. The Hall–Kier alpha value is -3.20. The number of nitrogens with one attached hydrogen (secondary N) is 1. The molecular weight excluding hydrogens is 400 g/mol. The number of aryl methyl sites for hydroxylation is 2. The Balaban J connectivity index is 2.08. The number of anilines is 1. The molecule has 3 rings (SSSR count). The summed E-state index contributed by atoms with van der Waals surface area (Å²) in [7, 11) is 1.55. The van der Waals surface area contributed by atoms with Gasteiger partial charge in [0.15, 0.2) is 5.69 Å². The summed E-state index contributed by atoms with van der Waals surface area (Å²) in [6.45, 7) is 8.25. The number of rotatable bonds is 7. The van der Waals surface area contributed by atoms with Gasteiger partial charge in [-0.1, -0.05) is 6.07 Å². The molecule has 0 spiro atoms. The van der Waals surface area contributed by atoms with Crippen molar-refractivity contribution in [3.05, 3.63) is 46.8 Å². The van der Waals surface area contributed by atoms with Gasteiger partial charge in [0.1, 0.15) is 11.2 Å². The van der Waals surface area contributed by atoms with Crippen LogP contribution in [0.25, 0.3) is 0 Å². The van der Waals surface area contributed by atoms with Gasteiger partial charge in [0.25, 0.3) is 5.91 Å². The number of benzene rings is 1. The molecule has 0 aliphatic carbocycles.